The molecule has 0 aromatic heterocycles. The highest BCUT2D eigenvalue weighted by Crippen LogP contribution is 2.27. The lowest BCUT2D eigenvalue weighted by Crippen LogP contribution is -2.46. The number of piperidine rings is 1. The molecule has 2 amide bonds. The average molecular weight is 406 g/mol. The van der Waals surface area contributed by atoms with E-state index in [1.807, 2.05) is 43.0 Å². The summed E-state index contributed by atoms with van der Waals surface area (Å²) < 4.78 is 0. The molecule has 0 bridgehead atoms. The predicted octanol–water partition coefficient (Wildman–Crippen LogP) is 3.63. The molecular formula is C25H31N3O2. The third kappa shape index (κ3) is 4.35. The lowest BCUT2D eigenvalue weighted by atomic mass is 9.98. The molecule has 0 unspecified atom stereocenters. The summed E-state index contributed by atoms with van der Waals surface area (Å²) in [7, 11) is 0. The van der Waals surface area contributed by atoms with Gasteiger partial charge in [0, 0.05) is 43.8 Å². The summed E-state index contributed by atoms with van der Waals surface area (Å²) in [5, 5.41) is 3.15. The summed E-state index contributed by atoms with van der Waals surface area (Å²) in [4.78, 5) is 29.7. The number of hydrogen-bond acceptors (Lipinski definition) is 3. The maximum atomic E-state index is 13.4. The second-order valence-corrected chi connectivity index (χ2v) is 8.69. The van der Waals surface area contributed by atoms with Crippen molar-refractivity contribution in [3.8, 4) is 0 Å². The first kappa shape index (κ1) is 20.5. The minimum Gasteiger partial charge on any atom is -0.371 e. The van der Waals surface area contributed by atoms with Crippen molar-refractivity contribution in [2.45, 2.75) is 45.7 Å². The zero-order valence-corrected chi connectivity index (χ0v) is 17.9. The van der Waals surface area contributed by atoms with Crippen LogP contribution in [-0.2, 0) is 17.8 Å². The largest absolute Gasteiger partial charge is 0.371 e. The van der Waals surface area contributed by atoms with Gasteiger partial charge in [-0.15, -0.1) is 0 Å². The highest BCUT2D eigenvalue weighted by molar-refractivity contribution is 6.00. The lowest BCUT2D eigenvalue weighted by molar-refractivity contribution is -0.124. The smallest absolute Gasteiger partial charge is 0.256 e. The van der Waals surface area contributed by atoms with Gasteiger partial charge in [0.15, 0.2) is 0 Å². The lowest BCUT2D eigenvalue weighted by Gasteiger charge is -2.36. The molecule has 30 heavy (non-hydrogen) atoms. The first-order valence-corrected chi connectivity index (χ1v) is 11.0. The molecule has 2 aromatic rings. The Morgan fingerprint density at radius 3 is 2.33 bits per heavy atom. The molecule has 0 atom stereocenters. The highest BCUT2D eigenvalue weighted by Gasteiger charge is 2.27. The Morgan fingerprint density at radius 2 is 1.60 bits per heavy atom. The molecule has 0 aliphatic carbocycles. The Kier molecular flexibility index (Phi) is 6.07. The fraction of sp³-hybridized carbons (Fsp3) is 0.440. The van der Waals surface area contributed by atoms with Crippen LogP contribution in [0, 0.1) is 5.92 Å². The Labute approximate surface area is 179 Å². The van der Waals surface area contributed by atoms with E-state index in [0.717, 1.165) is 50.1 Å². The fourth-order valence-corrected chi connectivity index (χ4v) is 4.40. The molecule has 0 saturated carbocycles. The first-order valence-electron chi connectivity index (χ1n) is 11.0. The Hall–Kier alpha value is -2.82. The third-order valence-corrected chi connectivity index (χ3v) is 6.26. The average Bonchev–Trinajstić information content (AvgIpc) is 2.78. The summed E-state index contributed by atoms with van der Waals surface area (Å²) in [6, 6.07) is 16.6. The summed E-state index contributed by atoms with van der Waals surface area (Å²) >= 11 is 0. The molecule has 0 spiro atoms. The van der Waals surface area contributed by atoms with Crippen LogP contribution >= 0.6 is 0 Å². The number of carbonyl (C=O) groups is 2. The molecule has 158 valence electrons. The number of carbonyl (C=O) groups excluding carboxylic acids is 2. The topological polar surface area (TPSA) is 52.7 Å². The number of hydrogen-bond donors (Lipinski definition) is 1. The van der Waals surface area contributed by atoms with Crippen LogP contribution in [0.5, 0.6) is 0 Å². The van der Waals surface area contributed by atoms with Crippen LogP contribution in [0.15, 0.2) is 48.5 Å². The number of benzene rings is 2. The maximum Gasteiger partial charge on any atom is 0.256 e. The molecule has 1 fully saturated rings. The minimum absolute atomic E-state index is 0.0102. The SMILES string of the molecule is CC(C)C(=O)NC1CCN(c2ccccc2C(=O)N2CCc3ccccc3C2)CC1. The van der Waals surface area contributed by atoms with Gasteiger partial charge in [-0.3, -0.25) is 9.59 Å². The van der Waals surface area contributed by atoms with Gasteiger partial charge in [-0.1, -0.05) is 50.2 Å². The van der Waals surface area contributed by atoms with Gasteiger partial charge in [0.25, 0.3) is 5.91 Å². The minimum atomic E-state index is 0.0102. The first-order chi connectivity index (χ1) is 14.5. The summed E-state index contributed by atoms with van der Waals surface area (Å²) in [5.41, 5.74) is 4.38. The molecule has 5 nitrogen and oxygen atoms in total. The molecule has 0 radical (unpaired) electrons. The molecule has 4 rings (SSSR count). The van der Waals surface area contributed by atoms with Crippen molar-refractivity contribution in [1.82, 2.24) is 10.2 Å². The number of nitrogens with one attached hydrogen (secondary N) is 1. The van der Waals surface area contributed by atoms with Gasteiger partial charge < -0.3 is 15.1 Å². The normalized spacial score (nSPS) is 17.0. The number of nitrogens with zero attached hydrogens (tertiary/aromatic N) is 2. The Balaban J connectivity index is 1.45. The second-order valence-electron chi connectivity index (χ2n) is 8.69. The standard InChI is InChI=1S/C25H31N3O2/c1-18(2)24(29)26-21-12-15-27(16-13-21)23-10-6-5-9-22(23)25(30)28-14-11-19-7-3-4-8-20(19)17-28/h3-10,18,21H,11-17H2,1-2H3,(H,26,29). The highest BCUT2D eigenvalue weighted by atomic mass is 16.2. The van der Waals surface area contributed by atoms with Crippen molar-refractivity contribution in [2.24, 2.45) is 5.92 Å². The summed E-state index contributed by atoms with van der Waals surface area (Å²) in [6.45, 7) is 6.96. The van der Waals surface area contributed by atoms with Crippen LogP contribution in [0.1, 0.15) is 48.2 Å². The van der Waals surface area contributed by atoms with Crippen LogP contribution in [0.4, 0.5) is 5.69 Å². The van der Waals surface area contributed by atoms with Crippen LogP contribution in [0.25, 0.3) is 0 Å². The van der Waals surface area contributed by atoms with Crippen molar-refractivity contribution in [1.29, 1.82) is 0 Å². The van der Waals surface area contributed by atoms with E-state index in [2.05, 4.69) is 34.5 Å². The quantitative estimate of drug-likeness (QED) is 0.845. The van der Waals surface area contributed by atoms with Gasteiger partial charge in [0.2, 0.25) is 5.91 Å². The summed E-state index contributed by atoms with van der Waals surface area (Å²) in [5.74, 6) is 0.237. The molecule has 2 aromatic carbocycles. The van der Waals surface area contributed by atoms with E-state index in [9.17, 15) is 9.59 Å². The fourth-order valence-electron chi connectivity index (χ4n) is 4.40. The van der Waals surface area contributed by atoms with Crippen molar-refractivity contribution < 1.29 is 9.59 Å². The van der Waals surface area contributed by atoms with Crippen molar-refractivity contribution >= 4 is 17.5 Å². The molecule has 5 heteroatoms. The van der Waals surface area contributed by atoms with Crippen LogP contribution in [-0.4, -0.2) is 42.4 Å². The van der Waals surface area contributed by atoms with Gasteiger partial charge in [-0.2, -0.15) is 0 Å². The number of para-hydroxylation sites is 1. The maximum absolute atomic E-state index is 13.4. The number of amides is 2. The van der Waals surface area contributed by atoms with Crippen molar-refractivity contribution in [2.75, 3.05) is 24.5 Å². The van der Waals surface area contributed by atoms with Gasteiger partial charge in [0.05, 0.1) is 5.56 Å². The van der Waals surface area contributed by atoms with Gasteiger partial charge in [0.1, 0.15) is 0 Å². The molecule has 1 saturated heterocycles. The molecular weight excluding hydrogens is 374 g/mol. The number of fused-ring (bicyclic) bond motifs is 1. The van der Waals surface area contributed by atoms with E-state index in [4.69, 9.17) is 0 Å². The van der Waals surface area contributed by atoms with E-state index in [1.165, 1.54) is 11.1 Å². The zero-order valence-electron chi connectivity index (χ0n) is 17.9. The van der Waals surface area contributed by atoms with E-state index >= 15 is 0 Å². The molecule has 2 heterocycles. The molecule has 2 aliphatic heterocycles. The van der Waals surface area contributed by atoms with Crippen LogP contribution in [0.3, 0.4) is 0 Å². The van der Waals surface area contributed by atoms with Crippen molar-refractivity contribution in [3.05, 3.63) is 65.2 Å². The van der Waals surface area contributed by atoms with Gasteiger partial charge >= 0.3 is 0 Å². The van der Waals surface area contributed by atoms with Gasteiger partial charge in [-0.25, -0.2) is 0 Å². The van der Waals surface area contributed by atoms with Crippen molar-refractivity contribution in [3.63, 3.8) is 0 Å². The van der Waals surface area contributed by atoms with E-state index < -0.39 is 0 Å². The van der Waals surface area contributed by atoms with Crippen LogP contribution < -0.4 is 10.2 Å². The Bertz CT molecular complexity index is 916. The van der Waals surface area contributed by atoms with E-state index in [1.54, 1.807) is 0 Å². The monoisotopic (exact) mass is 405 g/mol. The van der Waals surface area contributed by atoms with Crippen LogP contribution in [0.2, 0.25) is 0 Å². The third-order valence-electron chi connectivity index (χ3n) is 6.26. The molecule has 1 N–H and O–H groups in total. The Morgan fingerprint density at radius 1 is 0.933 bits per heavy atom. The summed E-state index contributed by atoms with van der Waals surface area (Å²) in [6.07, 6.45) is 2.71. The van der Waals surface area contributed by atoms with E-state index in [0.29, 0.717) is 6.54 Å². The predicted molar refractivity (Wildman–Crippen MR) is 120 cm³/mol. The zero-order chi connectivity index (χ0) is 21.1. The molecule has 2 aliphatic rings. The van der Waals surface area contributed by atoms with E-state index in [-0.39, 0.29) is 23.8 Å². The second kappa shape index (κ2) is 8.90. The number of rotatable bonds is 4. The number of anilines is 1. The van der Waals surface area contributed by atoms with Gasteiger partial charge in [-0.05, 0) is 42.5 Å².